The average Bonchev–Trinajstić information content (AvgIpc) is 3.11. The molecular formula is C22H23ClN2O5. The zero-order valence-corrected chi connectivity index (χ0v) is 17.6. The Morgan fingerprint density at radius 1 is 1.20 bits per heavy atom. The Labute approximate surface area is 179 Å². The van der Waals surface area contributed by atoms with Gasteiger partial charge in [-0.3, -0.25) is 14.4 Å². The highest BCUT2D eigenvalue weighted by molar-refractivity contribution is 6.31. The van der Waals surface area contributed by atoms with E-state index < -0.39 is 24.4 Å². The lowest BCUT2D eigenvalue weighted by Gasteiger charge is -2.19. The van der Waals surface area contributed by atoms with Crippen LogP contribution < -0.4 is 15.0 Å². The molecule has 0 bridgehead atoms. The van der Waals surface area contributed by atoms with Crippen molar-refractivity contribution >= 4 is 40.8 Å². The highest BCUT2D eigenvalue weighted by atomic mass is 35.5. The van der Waals surface area contributed by atoms with E-state index in [0.29, 0.717) is 28.8 Å². The molecule has 1 saturated heterocycles. The van der Waals surface area contributed by atoms with E-state index in [1.165, 1.54) is 4.90 Å². The second kappa shape index (κ2) is 9.63. The van der Waals surface area contributed by atoms with Gasteiger partial charge >= 0.3 is 5.97 Å². The van der Waals surface area contributed by atoms with Crippen molar-refractivity contribution in [1.82, 2.24) is 0 Å². The molecule has 1 aliphatic rings. The van der Waals surface area contributed by atoms with Crippen molar-refractivity contribution in [2.75, 3.05) is 30.0 Å². The smallest absolute Gasteiger partial charge is 0.311 e. The fraction of sp³-hybridized carbons (Fsp3) is 0.318. The predicted molar refractivity (Wildman–Crippen MR) is 114 cm³/mol. The molecule has 2 amide bonds. The lowest BCUT2D eigenvalue weighted by atomic mass is 10.1. The Morgan fingerprint density at radius 2 is 1.93 bits per heavy atom. The second-order valence-corrected chi connectivity index (χ2v) is 7.31. The summed E-state index contributed by atoms with van der Waals surface area (Å²) in [6, 6.07) is 12.2. The second-order valence-electron chi connectivity index (χ2n) is 6.90. The quantitative estimate of drug-likeness (QED) is 0.678. The van der Waals surface area contributed by atoms with Gasteiger partial charge in [0, 0.05) is 29.4 Å². The number of carbonyl (C=O) groups is 3. The highest BCUT2D eigenvalue weighted by Crippen LogP contribution is 2.31. The van der Waals surface area contributed by atoms with E-state index in [-0.39, 0.29) is 18.9 Å². The first-order valence-corrected chi connectivity index (χ1v) is 10.0. The van der Waals surface area contributed by atoms with Crippen LogP contribution in [-0.2, 0) is 19.1 Å². The van der Waals surface area contributed by atoms with Crippen LogP contribution in [0.4, 0.5) is 11.4 Å². The summed E-state index contributed by atoms with van der Waals surface area (Å²) in [5.41, 5.74) is 2.02. The molecule has 1 fully saturated rings. The zero-order valence-electron chi connectivity index (χ0n) is 16.8. The summed E-state index contributed by atoms with van der Waals surface area (Å²) in [5, 5.41) is 3.20. The number of anilines is 2. The van der Waals surface area contributed by atoms with Crippen molar-refractivity contribution in [3.05, 3.63) is 53.1 Å². The molecule has 0 spiro atoms. The van der Waals surface area contributed by atoms with Crippen molar-refractivity contribution in [2.45, 2.75) is 20.3 Å². The van der Waals surface area contributed by atoms with Crippen molar-refractivity contribution in [3.8, 4) is 5.75 Å². The molecule has 0 radical (unpaired) electrons. The summed E-state index contributed by atoms with van der Waals surface area (Å²) in [4.78, 5) is 38.4. The lowest BCUT2D eigenvalue weighted by Crippen LogP contribution is -2.28. The summed E-state index contributed by atoms with van der Waals surface area (Å²) >= 11 is 6.13. The minimum atomic E-state index is -0.630. The van der Waals surface area contributed by atoms with Crippen molar-refractivity contribution in [2.24, 2.45) is 5.92 Å². The van der Waals surface area contributed by atoms with E-state index in [4.69, 9.17) is 21.1 Å². The van der Waals surface area contributed by atoms with Gasteiger partial charge in [0.25, 0.3) is 5.91 Å². The molecule has 1 atom stereocenters. The molecule has 3 rings (SSSR count). The summed E-state index contributed by atoms with van der Waals surface area (Å²) < 4.78 is 10.5. The first-order chi connectivity index (χ1) is 14.4. The zero-order chi connectivity index (χ0) is 21.7. The molecule has 0 aromatic heterocycles. The summed E-state index contributed by atoms with van der Waals surface area (Å²) in [6.07, 6.45) is 0.0330. The number of rotatable bonds is 7. The third-order valence-corrected chi connectivity index (χ3v) is 5.19. The Bertz CT molecular complexity index is 945. The molecule has 7 nitrogen and oxygen atoms in total. The molecule has 8 heteroatoms. The van der Waals surface area contributed by atoms with Gasteiger partial charge in [-0.1, -0.05) is 17.7 Å². The van der Waals surface area contributed by atoms with Crippen molar-refractivity contribution in [1.29, 1.82) is 0 Å². The van der Waals surface area contributed by atoms with E-state index >= 15 is 0 Å². The van der Waals surface area contributed by atoms with Gasteiger partial charge in [-0.05, 0) is 55.8 Å². The number of halogens is 1. The van der Waals surface area contributed by atoms with Gasteiger partial charge in [-0.25, -0.2) is 0 Å². The molecule has 1 aliphatic heterocycles. The number of hydrogen-bond acceptors (Lipinski definition) is 5. The maximum absolute atomic E-state index is 12.4. The fourth-order valence-corrected chi connectivity index (χ4v) is 3.41. The standard InChI is InChI=1S/C22H23ClN2O5/c1-3-29-17-9-7-16(8-10-17)24-20(26)13-30-22(28)15-11-21(27)25(12-15)19-6-4-5-18(23)14(19)2/h4-10,15H,3,11-13H2,1-2H3,(H,24,26)/t15-/m1/s1. The molecule has 0 saturated carbocycles. The van der Waals surface area contributed by atoms with E-state index in [9.17, 15) is 14.4 Å². The van der Waals surface area contributed by atoms with Gasteiger partial charge in [-0.2, -0.15) is 0 Å². The molecule has 1 N–H and O–H groups in total. The normalized spacial score (nSPS) is 15.8. The molecule has 2 aromatic rings. The van der Waals surface area contributed by atoms with Gasteiger partial charge < -0.3 is 19.7 Å². The van der Waals surface area contributed by atoms with Crippen LogP contribution >= 0.6 is 11.6 Å². The molecule has 158 valence electrons. The first-order valence-electron chi connectivity index (χ1n) is 9.64. The predicted octanol–water partition coefficient (Wildman–Crippen LogP) is 3.58. The fourth-order valence-electron chi connectivity index (χ4n) is 3.24. The van der Waals surface area contributed by atoms with Gasteiger partial charge in [-0.15, -0.1) is 0 Å². The highest BCUT2D eigenvalue weighted by Gasteiger charge is 2.37. The third kappa shape index (κ3) is 5.10. The average molecular weight is 431 g/mol. The van der Waals surface area contributed by atoms with E-state index in [0.717, 1.165) is 5.56 Å². The van der Waals surface area contributed by atoms with Gasteiger partial charge in [0.05, 0.1) is 12.5 Å². The van der Waals surface area contributed by atoms with Crippen LogP contribution in [0.25, 0.3) is 0 Å². The van der Waals surface area contributed by atoms with Crippen LogP contribution in [0.5, 0.6) is 5.75 Å². The first kappa shape index (κ1) is 21.6. The SMILES string of the molecule is CCOc1ccc(NC(=O)COC(=O)[C@@H]2CC(=O)N(c3cccc(Cl)c3C)C2)cc1. The Hall–Kier alpha value is -3.06. The molecule has 1 heterocycles. The van der Waals surface area contributed by atoms with Crippen molar-refractivity contribution < 1.29 is 23.9 Å². The number of amides is 2. The minimum absolute atomic E-state index is 0.0330. The van der Waals surface area contributed by atoms with Gasteiger partial charge in [0.1, 0.15) is 5.75 Å². The maximum Gasteiger partial charge on any atom is 0.311 e. The minimum Gasteiger partial charge on any atom is -0.494 e. The largest absolute Gasteiger partial charge is 0.494 e. The number of ether oxygens (including phenoxy) is 2. The molecule has 0 aliphatic carbocycles. The summed E-state index contributed by atoms with van der Waals surface area (Å²) in [6.45, 7) is 4.03. The van der Waals surface area contributed by atoms with Crippen LogP contribution in [-0.4, -0.2) is 37.5 Å². The number of hydrogen-bond donors (Lipinski definition) is 1. The number of esters is 1. The molecule has 0 unspecified atom stereocenters. The Morgan fingerprint density at radius 3 is 2.63 bits per heavy atom. The van der Waals surface area contributed by atoms with Crippen LogP contribution in [0.15, 0.2) is 42.5 Å². The monoisotopic (exact) mass is 430 g/mol. The molecular weight excluding hydrogens is 408 g/mol. The number of carbonyl (C=O) groups excluding carboxylic acids is 3. The van der Waals surface area contributed by atoms with Gasteiger partial charge in [0.2, 0.25) is 5.91 Å². The third-order valence-electron chi connectivity index (χ3n) is 4.78. The van der Waals surface area contributed by atoms with E-state index in [1.807, 2.05) is 13.8 Å². The van der Waals surface area contributed by atoms with Crippen LogP contribution in [0.1, 0.15) is 18.9 Å². The van der Waals surface area contributed by atoms with E-state index in [2.05, 4.69) is 5.32 Å². The number of nitrogens with one attached hydrogen (secondary N) is 1. The Kier molecular flexibility index (Phi) is 6.95. The Balaban J connectivity index is 1.52. The number of nitrogens with zero attached hydrogens (tertiary/aromatic N) is 1. The topological polar surface area (TPSA) is 84.9 Å². The number of benzene rings is 2. The van der Waals surface area contributed by atoms with Crippen LogP contribution in [0, 0.1) is 12.8 Å². The van der Waals surface area contributed by atoms with Crippen LogP contribution in [0.2, 0.25) is 5.02 Å². The molecule has 2 aromatic carbocycles. The molecule has 30 heavy (non-hydrogen) atoms. The maximum atomic E-state index is 12.4. The lowest BCUT2D eigenvalue weighted by molar-refractivity contribution is -0.151. The van der Waals surface area contributed by atoms with Crippen LogP contribution in [0.3, 0.4) is 0 Å². The van der Waals surface area contributed by atoms with Gasteiger partial charge in [0.15, 0.2) is 6.61 Å². The summed E-state index contributed by atoms with van der Waals surface area (Å²) in [7, 11) is 0. The van der Waals surface area contributed by atoms with Crippen molar-refractivity contribution in [3.63, 3.8) is 0 Å². The summed E-state index contributed by atoms with van der Waals surface area (Å²) in [5.74, 6) is -1.14. The van der Waals surface area contributed by atoms with E-state index in [1.54, 1.807) is 42.5 Å².